The minimum absolute atomic E-state index is 0. The number of amides is 1. The third kappa shape index (κ3) is 7.18. The summed E-state index contributed by atoms with van der Waals surface area (Å²) in [6.45, 7) is 10.4. The van der Waals surface area contributed by atoms with E-state index in [0.717, 1.165) is 12.0 Å². The molecule has 1 amide bonds. The minimum atomic E-state index is -1.03. The molecule has 1 heterocycles. The molecule has 0 bridgehead atoms. The van der Waals surface area contributed by atoms with Gasteiger partial charge in [0.25, 0.3) is 0 Å². The van der Waals surface area contributed by atoms with Crippen molar-refractivity contribution in [3.05, 3.63) is 35.9 Å². The summed E-state index contributed by atoms with van der Waals surface area (Å²) in [6.07, 6.45) is 0.425. The molecule has 164 valence electrons. The molecule has 6 heteroatoms. The Hall–Kier alpha value is -2.37. The van der Waals surface area contributed by atoms with Gasteiger partial charge in [0.1, 0.15) is 6.04 Å². The van der Waals surface area contributed by atoms with Crippen LogP contribution in [0.25, 0.3) is 0 Å². The van der Waals surface area contributed by atoms with Crippen LogP contribution < -0.4 is 0 Å². The van der Waals surface area contributed by atoms with Crippen molar-refractivity contribution < 1.29 is 25.3 Å². The van der Waals surface area contributed by atoms with Crippen LogP contribution in [0.1, 0.15) is 54.5 Å². The van der Waals surface area contributed by atoms with Crippen molar-refractivity contribution in [1.29, 1.82) is 0 Å². The molecule has 0 spiro atoms. The van der Waals surface area contributed by atoms with E-state index in [1.165, 1.54) is 7.11 Å². The fraction of sp³-hybridized carbons (Fsp3) is 0.609. The fourth-order valence-corrected chi connectivity index (χ4v) is 3.31. The van der Waals surface area contributed by atoms with E-state index in [1.807, 2.05) is 65.0 Å². The summed E-state index contributed by atoms with van der Waals surface area (Å²) in [5, 5.41) is 0. The molecular weight excluding hydrogens is 370 g/mol. The molecule has 3 atom stereocenters. The number of rotatable bonds is 8. The average molecular weight is 408 g/mol. The smallest absolute Gasteiger partial charge is 0.347 e. The van der Waals surface area contributed by atoms with Crippen LogP contribution in [0.3, 0.4) is 0 Å². The maximum Gasteiger partial charge on any atom is 0.347 e. The molecule has 0 saturated carbocycles. The third-order valence-electron chi connectivity index (χ3n) is 4.84. The van der Waals surface area contributed by atoms with Crippen LogP contribution in [0.15, 0.2) is 30.3 Å². The molecule has 2 rings (SSSR count). The highest BCUT2D eigenvalue weighted by Gasteiger charge is 2.39. The zero-order valence-electron chi connectivity index (χ0n) is 18.5. The Morgan fingerprint density at radius 1 is 1.17 bits per heavy atom. The first-order valence-electron chi connectivity index (χ1n) is 10.5. The van der Waals surface area contributed by atoms with Gasteiger partial charge in [-0.3, -0.25) is 4.79 Å². The van der Waals surface area contributed by atoms with Crippen LogP contribution in [0, 0.1) is 11.8 Å². The molecule has 29 heavy (non-hydrogen) atoms. The molecule has 1 saturated heterocycles. The zero-order valence-corrected chi connectivity index (χ0v) is 18.5. The van der Waals surface area contributed by atoms with Gasteiger partial charge in [-0.25, -0.2) is 9.59 Å². The van der Waals surface area contributed by atoms with Crippen LogP contribution in [0.2, 0.25) is 0 Å². The summed E-state index contributed by atoms with van der Waals surface area (Å²) < 4.78 is 10.4. The molecule has 1 aromatic rings. The van der Waals surface area contributed by atoms with E-state index < -0.39 is 24.1 Å². The summed E-state index contributed by atoms with van der Waals surface area (Å²) in [5.41, 5.74) is 0.868. The molecular formula is C23H37NO5. The van der Waals surface area contributed by atoms with Crippen LogP contribution in [0.4, 0.5) is 0 Å². The molecule has 0 aliphatic carbocycles. The molecule has 1 aliphatic rings. The maximum absolute atomic E-state index is 12.9. The topological polar surface area (TPSA) is 72.9 Å². The van der Waals surface area contributed by atoms with Crippen molar-refractivity contribution in [3.8, 4) is 0 Å². The second-order valence-corrected chi connectivity index (χ2v) is 7.51. The number of hydrogen-bond acceptors (Lipinski definition) is 5. The fourth-order valence-electron chi connectivity index (χ4n) is 3.31. The summed E-state index contributed by atoms with van der Waals surface area (Å²) in [4.78, 5) is 39.1. The normalized spacial score (nSPS) is 18.0. The number of nitrogens with zero attached hydrogens (tertiary/aromatic N) is 1. The lowest BCUT2D eigenvalue weighted by molar-refractivity contribution is -0.170. The van der Waals surface area contributed by atoms with Gasteiger partial charge in [0.2, 0.25) is 12.0 Å². The third-order valence-corrected chi connectivity index (χ3v) is 4.84. The van der Waals surface area contributed by atoms with E-state index in [-0.39, 0.29) is 25.6 Å². The second-order valence-electron chi connectivity index (χ2n) is 7.51. The molecule has 6 nitrogen and oxygen atoms in total. The van der Waals surface area contributed by atoms with E-state index in [9.17, 15) is 14.4 Å². The maximum atomic E-state index is 12.9. The van der Waals surface area contributed by atoms with E-state index in [0.29, 0.717) is 13.0 Å². The number of esters is 2. The highest BCUT2D eigenvalue weighted by molar-refractivity contribution is 5.88. The Bertz CT molecular complexity index is 665. The number of ether oxygens (including phenoxy) is 2. The lowest BCUT2D eigenvalue weighted by atomic mass is 10.0. The number of methoxy groups -OCH3 is 1. The van der Waals surface area contributed by atoms with Crippen LogP contribution in [-0.4, -0.2) is 48.5 Å². The average Bonchev–Trinajstić information content (AvgIpc) is 3.05. The van der Waals surface area contributed by atoms with Crippen molar-refractivity contribution in [1.82, 2.24) is 4.90 Å². The standard InChI is InChI=1S/C21H29NO5.C2H6.H2/c1-14(2)12-17(22-11-10-15(3)19(22)23)20(24)27-18(21(25)26-4)13-16-8-6-5-7-9-16;1-2;/h5-9,14-15,17-18H,10-13H2,1-4H3;1-2H3;1H/t15-,17?,18?;;/m1../s1. The van der Waals surface area contributed by atoms with E-state index >= 15 is 0 Å². The van der Waals surface area contributed by atoms with Crippen molar-refractivity contribution in [2.75, 3.05) is 13.7 Å². The van der Waals surface area contributed by atoms with Crippen molar-refractivity contribution >= 4 is 17.8 Å². The number of likely N-dealkylation sites (tertiary alicyclic amines) is 1. The Labute approximate surface area is 176 Å². The van der Waals surface area contributed by atoms with Gasteiger partial charge < -0.3 is 14.4 Å². The lowest BCUT2D eigenvalue weighted by Crippen LogP contribution is -2.46. The van der Waals surface area contributed by atoms with Crippen LogP contribution in [0.5, 0.6) is 0 Å². The number of hydrogen-bond donors (Lipinski definition) is 0. The predicted octanol–water partition coefficient (Wildman–Crippen LogP) is 3.87. The zero-order chi connectivity index (χ0) is 22.0. The molecule has 0 N–H and O–H groups in total. The van der Waals surface area contributed by atoms with Gasteiger partial charge >= 0.3 is 11.9 Å². The SMILES string of the molecule is CC.COC(=O)C(Cc1ccccc1)OC(=O)C(CC(C)C)N1CC[C@@H](C)C1=O.[HH]. The Morgan fingerprint density at radius 2 is 1.79 bits per heavy atom. The summed E-state index contributed by atoms with van der Waals surface area (Å²) in [5.74, 6) is -1.06. The summed E-state index contributed by atoms with van der Waals surface area (Å²) in [7, 11) is 1.27. The summed E-state index contributed by atoms with van der Waals surface area (Å²) >= 11 is 0. The van der Waals surface area contributed by atoms with Crippen LogP contribution >= 0.6 is 0 Å². The van der Waals surface area contributed by atoms with E-state index in [4.69, 9.17) is 9.47 Å². The number of benzene rings is 1. The first kappa shape index (κ1) is 24.7. The highest BCUT2D eigenvalue weighted by atomic mass is 16.6. The minimum Gasteiger partial charge on any atom is -0.466 e. The van der Waals surface area contributed by atoms with E-state index in [1.54, 1.807) is 4.90 Å². The predicted molar refractivity (Wildman–Crippen MR) is 114 cm³/mol. The molecule has 0 radical (unpaired) electrons. The van der Waals surface area contributed by atoms with Gasteiger partial charge in [-0.2, -0.15) is 0 Å². The van der Waals surface area contributed by atoms with Crippen molar-refractivity contribution in [2.45, 2.75) is 66.0 Å². The number of carbonyl (C=O) groups is 3. The second kappa shape index (κ2) is 12.2. The Morgan fingerprint density at radius 3 is 2.28 bits per heavy atom. The molecule has 1 aromatic carbocycles. The first-order chi connectivity index (χ1) is 13.8. The molecule has 0 aromatic heterocycles. The van der Waals surface area contributed by atoms with Crippen molar-refractivity contribution in [3.63, 3.8) is 0 Å². The Balaban J connectivity index is 0.00000272. The van der Waals surface area contributed by atoms with Crippen molar-refractivity contribution in [2.24, 2.45) is 11.8 Å². The quantitative estimate of drug-likeness (QED) is 0.612. The van der Waals surface area contributed by atoms with E-state index in [2.05, 4.69) is 0 Å². The Kier molecular flexibility index (Phi) is 10.4. The van der Waals surface area contributed by atoms with Gasteiger partial charge in [0.05, 0.1) is 7.11 Å². The lowest BCUT2D eigenvalue weighted by Gasteiger charge is -2.29. The van der Waals surface area contributed by atoms with Gasteiger partial charge in [0.15, 0.2) is 0 Å². The number of carbonyl (C=O) groups excluding carboxylic acids is 3. The monoisotopic (exact) mass is 407 g/mol. The van der Waals surface area contributed by atoms with Crippen LogP contribution in [-0.2, 0) is 30.3 Å². The largest absolute Gasteiger partial charge is 0.466 e. The highest BCUT2D eigenvalue weighted by Crippen LogP contribution is 2.24. The molecule has 1 aliphatic heterocycles. The van der Waals surface area contributed by atoms with Gasteiger partial charge in [-0.15, -0.1) is 0 Å². The molecule has 1 fully saturated rings. The molecule has 2 unspecified atom stereocenters. The summed E-state index contributed by atoms with van der Waals surface area (Å²) in [6, 6.07) is 8.64. The van der Waals surface area contributed by atoms with Gasteiger partial charge in [0, 0.05) is 20.3 Å². The first-order valence-corrected chi connectivity index (χ1v) is 10.5. The van der Waals surface area contributed by atoms with Gasteiger partial charge in [-0.05, 0) is 24.3 Å². The van der Waals surface area contributed by atoms with Gasteiger partial charge in [-0.1, -0.05) is 65.0 Å².